The Labute approximate surface area is 237 Å². The van der Waals surface area contributed by atoms with Crippen molar-refractivity contribution in [2.24, 2.45) is 17.3 Å². The number of amides is 1. The number of aliphatic hydroxyl groups excluding tert-OH is 1. The first-order chi connectivity index (χ1) is 19.4. The zero-order valence-corrected chi connectivity index (χ0v) is 23.7. The van der Waals surface area contributed by atoms with Crippen LogP contribution < -0.4 is 4.90 Å². The molecule has 7 nitrogen and oxygen atoms in total. The molecule has 4 heterocycles. The van der Waals surface area contributed by atoms with Gasteiger partial charge in [0.1, 0.15) is 6.10 Å². The quantitative estimate of drug-likeness (QED) is 0.354. The number of ether oxygens (including phenoxy) is 1. The first-order valence-corrected chi connectivity index (χ1v) is 15.5. The number of aryl methyl sites for hydroxylation is 1. The SMILES string of the molecule is CON1C=CC23CC(CCCCCC(=O)c4cc5c6c(c4)CCN6C(=O)CC5)CC[C@@H]2OC2=C3[C@H](C[C@@H](O)C2)C1. The minimum Gasteiger partial charge on any atom is -0.493 e. The molecule has 1 spiro atoms. The van der Waals surface area contributed by atoms with Crippen LogP contribution in [0, 0.1) is 17.3 Å². The van der Waals surface area contributed by atoms with E-state index in [1.165, 1.54) is 29.5 Å². The summed E-state index contributed by atoms with van der Waals surface area (Å²) in [5.74, 6) is 2.42. The van der Waals surface area contributed by atoms with Crippen molar-refractivity contribution in [3.8, 4) is 0 Å². The van der Waals surface area contributed by atoms with Gasteiger partial charge in [-0.2, -0.15) is 0 Å². The molecule has 7 rings (SSSR count). The average molecular weight is 547 g/mol. The molecule has 0 saturated heterocycles. The number of Topliss-reactive ketones (excluding diaryl/α,β-unsaturated/α-hetero) is 1. The number of hydrogen-bond donors (Lipinski definition) is 1. The third-order valence-electron chi connectivity index (χ3n) is 10.6. The van der Waals surface area contributed by atoms with Crippen LogP contribution in [-0.2, 0) is 27.2 Å². The summed E-state index contributed by atoms with van der Waals surface area (Å²) in [5.41, 5.74) is 5.65. The van der Waals surface area contributed by atoms with Crippen molar-refractivity contribution < 1.29 is 24.3 Å². The number of aliphatic hydroxyl groups is 1. The van der Waals surface area contributed by atoms with Gasteiger partial charge in [-0.3, -0.25) is 19.5 Å². The Morgan fingerprint density at radius 3 is 2.85 bits per heavy atom. The minimum atomic E-state index is -0.338. The molecule has 1 saturated carbocycles. The highest BCUT2D eigenvalue weighted by atomic mass is 16.7. The van der Waals surface area contributed by atoms with Crippen LogP contribution in [0.4, 0.5) is 5.69 Å². The molecule has 6 aliphatic rings. The monoisotopic (exact) mass is 546 g/mol. The summed E-state index contributed by atoms with van der Waals surface area (Å²) in [6.45, 7) is 1.53. The van der Waals surface area contributed by atoms with Gasteiger partial charge in [-0.05, 0) is 79.7 Å². The molecular formula is C33H42N2O5. The van der Waals surface area contributed by atoms with Gasteiger partial charge in [0.15, 0.2) is 5.78 Å². The molecule has 7 heteroatoms. The lowest BCUT2D eigenvalue weighted by Crippen LogP contribution is -2.41. The van der Waals surface area contributed by atoms with Crippen molar-refractivity contribution in [1.82, 2.24) is 5.06 Å². The predicted molar refractivity (Wildman–Crippen MR) is 151 cm³/mol. The third kappa shape index (κ3) is 4.40. The fraction of sp³-hybridized carbons (Fsp3) is 0.636. The number of benzene rings is 1. The molecule has 2 unspecified atom stereocenters. The molecule has 0 radical (unpaired) electrons. The second-order valence-corrected chi connectivity index (χ2v) is 13.0. The van der Waals surface area contributed by atoms with E-state index in [0.717, 1.165) is 81.5 Å². The van der Waals surface area contributed by atoms with Gasteiger partial charge in [-0.1, -0.05) is 25.3 Å². The number of hydrogen-bond acceptors (Lipinski definition) is 6. The smallest absolute Gasteiger partial charge is 0.227 e. The number of rotatable bonds is 8. The van der Waals surface area contributed by atoms with Crippen LogP contribution in [-0.4, -0.2) is 54.3 Å². The molecule has 1 amide bonds. The van der Waals surface area contributed by atoms with Crippen LogP contribution >= 0.6 is 0 Å². The van der Waals surface area contributed by atoms with E-state index in [2.05, 4.69) is 18.3 Å². The molecule has 4 aliphatic heterocycles. The molecular weight excluding hydrogens is 504 g/mol. The lowest BCUT2D eigenvalue weighted by atomic mass is 9.60. The summed E-state index contributed by atoms with van der Waals surface area (Å²) in [5, 5.41) is 12.5. The summed E-state index contributed by atoms with van der Waals surface area (Å²) in [6, 6.07) is 4.10. The van der Waals surface area contributed by atoms with E-state index < -0.39 is 0 Å². The van der Waals surface area contributed by atoms with E-state index in [9.17, 15) is 14.7 Å². The Morgan fingerprint density at radius 2 is 2.00 bits per heavy atom. The summed E-state index contributed by atoms with van der Waals surface area (Å²) < 4.78 is 6.54. The highest BCUT2D eigenvalue weighted by Crippen LogP contribution is 2.59. The average Bonchev–Trinajstić information content (AvgIpc) is 3.48. The molecule has 1 aromatic carbocycles. The van der Waals surface area contributed by atoms with E-state index in [1.807, 2.05) is 16.0 Å². The van der Waals surface area contributed by atoms with Crippen LogP contribution in [0.15, 0.2) is 35.7 Å². The number of carbonyl (C=O) groups excluding carboxylic acids is 2. The number of nitrogens with zero attached hydrogens (tertiary/aromatic N) is 2. The fourth-order valence-electron chi connectivity index (χ4n) is 8.77. The van der Waals surface area contributed by atoms with Crippen molar-refractivity contribution in [2.45, 2.75) is 95.7 Å². The van der Waals surface area contributed by atoms with Gasteiger partial charge >= 0.3 is 0 Å². The molecule has 1 aromatic rings. The van der Waals surface area contributed by atoms with Gasteiger partial charge in [0.2, 0.25) is 5.91 Å². The molecule has 40 heavy (non-hydrogen) atoms. The molecule has 0 bridgehead atoms. The van der Waals surface area contributed by atoms with Crippen molar-refractivity contribution in [3.63, 3.8) is 0 Å². The van der Waals surface area contributed by atoms with Crippen LogP contribution in [0.5, 0.6) is 0 Å². The van der Waals surface area contributed by atoms with E-state index in [0.29, 0.717) is 25.2 Å². The molecule has 5 atom stereocenters. The molecule has 1 N–H and O–H groups in total. The number of unbranched alkanes of at least 4 members (excludes halogenated alkanes) is 2. The van der Waals surface area contributed by atoms with Crippen molar-refractivity contribution in [1.29, 1.82) is 0 Å². The fourth-order valence-corrected chi connectivity index (χ4v) is 8.77. The lowest BCUT2D eigenvalue weighted by molar-refractivity contribution is -0.118. The van der Waals surface area contributed by atoms with E-state index in [4.69, 9.17) is 9.57 Å². The lowest BCUT2D eigenvalue weighted by Gasteiger charge is -2.42. The molecule has 214 valence electrons. The predicted octanol–water partition coefficient (Wildman–Crippen LogP) is 5.26. The Hall–Kier alpha value is -2.64. The number of carbonyl (C=O) groups is 2. The van der Waals surface area contributed by atoms with Crippen LogP contribution in [0.25, 0.3) is 0 Å². The summed E-state index contributed by atoms with van der Waals surface area (Å²) >= 11 is 0. The summed E-state index contributed by atoms with van der Waals surface area (Å²) in [4.78, 5) is 32.8. The van der Waals surface area contributed by atoms with Crippen molar-refractivity contribution in [2.75, 3.05) is 25.1 Å². The maximum Gasteiger partial charge on any atom is 0.227 e. The summed E-state index contributed by atoms with van der Waals surface area (Å²) in [7, 11) is 1.72. The largest absolute Gasteiger partial charge is 0.493 e. The van der Waals surface area contributed by atoms with E-state index >= 15 is 0 Å². The van der Waals surface area contributed by atoms with Gasteiger partial charge < -0.3 is 14.7 Å². The van der Waals surface area contributed by atoms with Crippen LogP contribution in [0.2, 0.25) is 0 Å². The maximum absolute atomic E-state index is 13.1. The minimum absolute atomic E-state index is 0.0691. The molecule has 0 aromatic heterocycles. The Morgan fingerprint density at radius 1 is 1.15 bits per heavy atom. The van der Waals surface area contributed by atoms with Crippen molar-refractivity contribution >= 4 is 17.4 Å². The van der Waals surface area contributed by atoms with Crippen LogP contribution in [0.1, 0.15) is 92.1 Å². The Kier molecular flexibility index (Phi) is 6.78. The highest BCUT2D eigenvalue weighted by molar-refractivity contribution is 6.02. The standard InChI is InChI=1S/C33H42N2O5/c1-39-34-14-12-33-19-21(7-9-29(33)40-28-18-26(36)17-25(20-34)31(28)33)5-3-2-4-6-27(37)24-15-22-8-10-30(38)35-13-11-23(16-24)32(22)35/h12,14-16,21,25-26,29,36H,2-11,13,17-20H2,1H3/t21?,25-,26-,29+,33?/m1/s1. The normalized spacial score (nSPS) is 32.0. The third-order valence-corrected chi connectivity index (χ3v) is 10.6. The zero-order chi connectivity index (χ0) is 27.4. The van der Waals surface area contributed by atoms with Gasteiger partial charge in [0.05, 0.1) is 36.6 Å². The molecule has 2 aliphatic carbocycles. The number of ketones is 1. The zero-order valence-electron chi connectivity index (χ0n) is 23.7. The van der Waals surface area contributed by atoms with Gasteiger partial charge in [0.25, 0.3) is 0 Å². The second kappa shape index (κ2) is 10.3. The van der Waals surface area contributed by atoms with Gasteiger partial charge in [0, 0.05) is 43.5 Å². The van der Waals surface area contributed by atoms with E-state index in [1.54, 1.807) is 7.11 Å². The van der Waals surface area contributed by atoms with Gasteiger partial charge in [-0.15, -0.1) is 0 Å². The van der Waals surface area contributed by atoms with Crippen molar-refractivity contribution in [3.05, 3.63) is 52.4 Å². The maximum atomic E-state index is 13.1. The van der Waals surface area contributed by atoms with Crippen LogP contribution in [0.3, 0.4) is 0 Å². The first kappa shape index (κ1) is 26.3. The van der Waals surface area contributed by atoms with E-state index in [-0.39, 0.29) is 35.2 Å². The van der Waals surface area contributed by atoms with Gasteiger partial charge in [-0.25, -0.2) is 0 Å². The Bertz CT molecular complexity index is 1270. The summed E-state index contributed by atoms with van der Waals surface area (Å²) in [6.07, 6.45) is 16.2. The number of hydroxylamine groups is 2. The Balaban J connectivity index is 0.952. The molecule has 1 fully saturated rings. The first-order valence-electron chi connectivity index (χ1n) is 15.5. The second-order valence-electron chi connectivity index (χ2n) is 13.0. The topological polar surface area (TPSA) is 79.3 Å². The number of anilines is 1. The highest BCUT2D eigenvalue weighted by Gasteiger charge is 2.56.